The second-order valence-corrected chi connectivity index (χ2v) is 6.98. The molecule has 27 heavy (non-hydrogen) atoms. The van der Waals surface area contributed by atoms with Crippen molar-refractivity contribution >= 4 is 34.7 Å². The lowest BCUT2D eigenvalue weighted by atomic mass is 10.1. The van der Waals surface area contributed by atoms with E-state index in [0.29, 0.717) is 15.6 Å². The molecule has 0 saturated heterocycles. The molecule has 2 aromatic carbocycles. The Morgan fingerprint density at radius 1 is 1.07 bits per heavy atom. The van der Waals surface area contributed by atoms with Crippen LogP contribution < -0.4 is 4.74 Å². The predicted molar refractivity (Wildman–Crippen MR) is 105 cm³/mol. The zero-order chi connectivity index (χ0) is 19.4. The van der Waals surface area contributed by atoms with Gasteiger partial charge in [-0.05, 0) is 55.5 Å². The Kier molecular flexibility index (Phi) is 5.88. The van der Waals surface area contributed by atoms with Gasteiger partial charge in [-0.1, -0.05) is 11.6 Å². The number of Topliss-reactive ketones (excluding diaryl/α,β-unsaturated/α-hetero) is 1. The van der Waals surface area contributed by atoms with Crippen LogP contribution in [-0.2, 0) is 4.74 Å². The molecule has 0 spiro atoms. The molecule has 0 N–H and O–H groups in total. The highest BCUT2D eigenvalue weighted by atomic mass is 35.5. The molecule has 138 valence electrons. The first kappa shape index (κ1) is 19.1. The highest BCUT2D eigenvalue weighted by molar-refractivity contribution is 7.13. The van der Waals surface area contributed by atoms with Gasteiger partial charge in [-0.2, -0.15) is 0 Å². The number of nitrogens with zero attached hydrogens (tertiary/aromatic N) is 1. The van der Waals surface area contributed by atoms with Crippen molar-refractivity contribution in [1.82, 2.24) is 4.98 Å². The molecule has 1 aromatic heterocycles. The van der Waals surface area contributed by atoms with E-state index in [4.69, 9.17) is 21.1 Å². The van der Waals surface area contributed by atoms with Crippen LogP contribution in [0.25, 0.3) is 10.6 Å². The Morgan fingerprint density at radius 3 is 2.37 bits per heavy atom. The zero-order valence-electron chi connectivity index (χ0n) is 14.6. The Morgan fingerprint density at radius 2 is 1.74 bits per heavy atom. The minimum absolute atomic E-state index is 0.168. The predicted octanol–water partition coefficient (Wildman–Crippen LogP) is 4.90. The Balaban J connectivity index is 1.68. The molecule has 1 atom stereocenters. The average Bonchev–Trinajstić information content (AvgIpc) is 3.18. The van der Waals surface area contributed by atoms with E-state index in [-0.39, 0.29) is 11.5 Å². The first-order chi connectivity index (χ1) is 13.0. The highest BCUT2D eigenvalue weighted by Crippen LogP contribution is 2.26. The summed E-state index contributed by atoms with van der Waals surface area (Å²) in [6, 6.07) is 13.8. The van der Waals surface area contributed by atoms with Crippen LogP contribution in [0.1, 0.15) is 27.8 Å². The van der Waals surface area contributed by atoms with E-state index in [0.717, 1.165) is 11.3 Å². The molecule has 0 aliphatic rings. The van der Waals surface area contributed by atoms with Gasteiger partial charge in [0, 0.05) is 21.5 Å². The quantitative estimate of drug-likeness (QED) is 0.434. The number of hydrogen-bond donors (Lipinski definition) is 0. The van der Waals surface area contributed by atoms with Crippen molar-refractivity contribution in [2.45, 2.75) is 13.0 Å². The summed E-state index contributed by atoms with van der Waals surface area (Å²) in [6.07, 6.45) is -0.926. The van der Waals surface area contributed by atoms with Gasteiger partial charge in [-0.25, -0.2) is 9.78 Å². The minimum Gasteiger partial charge on any atom is -0.497 e. The number of carbonyl (C=O) groups excluding carboxylic acids is 2. The van der Waals surface area contributed by atoms with E-state index in [2.05, 4.69) is 4.98 Å². The zero-order valence-corrected chi connectivity index (χ0v) is 16.2. The Labute approximate surface area is 165 Å². The molecule has 5 nitrogen and oxygen atoms in total. The van der Waals surface area contributed by atoms with Gasteiger partial charge in [0.1, 0.15) is 10.8 Å². The summed E-state index contributed by atoms with van der Waals surface area (Å²) >= 11 is 7.14. The van der Waals surface area contributed by atoms with Crippen LogP contribution in [0.3, 0.4) is 0 Å². The molecule has 7 heteroatoms. The number of halogens is 1. The van der Waals surface area contributed by atoms with Crippen molar-refractivity contribution in [2.75, 3.05) is 7.11 Å². The third kappa shape index (κ3) is 4.53. The number of carbonyl (C=O) groups is 2. The molecule has 3 rings (SSSR count). The second kappa shape index (κ2) is 8.33. The summed E-state index contributed by atoms with van der Waals surface area (Å²) in [5.41, 5.74) is 1.46. The number of ketones is 1. The number of aromatic nitrogens is 1. The van der Waals surface area contributed by atoms with Gasteiger partial charge in [-0.15, -0.1) is 11.3 Å². The fourth-order valence-corrected chi connectivity index (χ4v) is 3.28. The fraction of sp³-hybridized carbons (Fsp3) is 0.150. The lowest BCUT2D eigenvalue weighted by Crippen LogP contribution is -2.24. The third-order valence-corrected chi connectivity index (χ3v) is 4.98. The molecule has 0 saturated carbocycles. The molecular formula is C20H16ClNO4S. The normalized spacial score (nSPS) is 11.7. The van der Waals surface area contributed by atoms with E-state index < -0.39 is 12.1 Å². The van der Waals surface area contributed by atoms with Gasteiger partial charge in [0.2, 0.25) is 5.78 Å². The van der Waals surface area contributed by atoms with E-state index >= 15 is 0 Å². The molecule has 0 radical (unpaired) electrons. The first-order valence-corrected chi connectivity index (χ1v) is 9.34. The van der Waals surface area contributed by atoms with Gasteiger partial charge >= 0.3 is 5.97 Å². The molecule has 1 heterocycles. The number of esters is 1. The molecule has 3 aromatic rings. The topological polar surface area (TPSA) is 65.5 Å². The standard InChI is InChI=1S/C20H16ClNO4S/c1-12(18(23)13-3-7-15(21)8-4-13)26-20(24)17-11-27-19(22-17)14-5-9-16(25-2)10-6-14/h3-12H,1-2H3. The number of rotatable bonds is 6. The summed E-state index contributed by atoms with van der Waals surface area (Å²) in [6.45, 7) is 1.53. The van der Waals surface area contributed by atoms with Crippen LogP contribution in [0, 0.1) is 0 Å². The summed E-state index contributed by atoms with van der Waals surface area (Å²) in [7, 11) is 1.60. The molecular weight excluding hydrogens is 386 g/mol. The van der Waals surface area contributed by atoms with Crippen molar-refractivity contribution < 1.29 is 19.1 Å². The molecule has 0 fully saturated rings. The lowest BCUT2D eigenvalue weighted by Gasteiger charge is -2.11. The van der Waals surface area contributed by atoms with Crippen LogP contribution in [-0.4, -0.2) is 30.0 Å². The highest BCUT2D eigenvalue weighted by Gasteiger charge is 2.22. The monoisotopic (exact) mass is 401 g/mol. The molecule has 1 unspecified atom stereocenters. The summed E-state index contributed by atoms with van der Waals surface area (Å²) in [4.78, 5) is 29.0. The fourth-order valence-electron chi connectivity index (χ4n) is 2.36. The number of ether oxygens (including phenoxy) is 2. The average molecular weight is 402 g/mol. The summed E-state index contributed by atoms with van der Waals surface area (Å²) in [5, 5.41) is 2.83. The van der Waals surface area contributed by atoms with Crippen molar-refractivity contribution in [1.29, 1.82) is 0 Å². The van der Waals surface area contributed by atoms with Gasteiger partial charge in [0.15, 0.2) is 11.8 Å². The van der Waals surface area contributed by atoms with Crippen LogP contribution in [0.5, 0.6) is 5.75 Å². The SMILES string of the molecule is COc1ccc(-c2nc(C(=O)OC(C)C(=O)c3ccc(Cl)cc3)cs2)cc1. The maximum absolute atomic E-state index is 12.4. The molecule has 0 aliphatic carbocycles. The lowest BCUT2D eigenvalue weighted by molar-refractivity contribution is 0.0314. The Hall–Kier alpha value is -2.70. The van der Waals surface area contributed by atoms with Crippen LogP contribution in [0.15, 0.2) is 53.9 Å². The van der Waals surface area contributed by atoms with Crippen LogP contribution in [0.2, 0.25) is 5.02 Å². The molecule has 0 bridgehead atoms. The first-order valence-electron chi connectivity index (χ1n) is 8.08. The van der Waals surface area contributed by atoms with E-state index in [9.17, 15) is 9.59 Å². The van der Waals surface area contributed by atoms with Gasteiger partial charge in [-0.3, -0.25) is 4.79 Å². The van der Waals surface area contributed by atoms with Crippen LogP contribution in [0.4, 0.5) is 0 Å². The molecule has 0 amide bonds. The smallest absolute Gasteiger partial charge is 0.358 e. The number of hydrogen-bond acceptors (Lipinski definition) is 6. The van der Waals surface area contributed by atoms with Crippen molar-refractivity contribution in [3.63, 3.8) is 0 Å². The van der Waals surface area contributed by atoms with Crippen molar-refractivity contribution in [3.8, 4) is 16.3 Å². The van der Waals surface area contributed by atoms with Gasteiger partial charge in [0.25, 0.3) is 0 Å². The van der Waals surface area contributed by atoms with Crippen molar-refractivity contribution in [2.24, 2.45) is 0 Å². The largest absolute Gasteiger partial charge is 0.497 e. The minimum atomic E-state index is -0.926. The van der Waals surface area contributed by atoms with E-state index in [1.807, 2.05) is 24.3 Å². The van der Waals surface area contributed by atoms with Gasteiger partial charge < -0.3 is 9.47 Å². The number of thiazole rings is 1. The Bertz CT molecular complexity index is 951. The summed E-state index contributed by atoms with van der Waals surface area (Å²) in [5.74, 6) is -0.198. The van der Waals surface area contributed by atoms with Gasteiger partial charge in [0.05, 0.1) is 7.11 Å². The van der Waals surface area contributed by atoms with E-state index in [1.165, 1.54) is 18.3 Å². The van der Waals surface area contributed by atoms with Crippen LogP contribution >= 0.6 is 22.9 Å². The van der Waals surface area contributed by atoms with E-state index in [1.54, 1.807) is 36.8 Å². The number of methoxy groups -OCH3 is 1. The maximum Gasteiger partial charge on any atom is 0.358 e. The maximum atomic E-state index is 12.4. The summed E-state index contributed by atoms with van der Waals surface area (Å²) < 4.78 is 10.4. The second-order valence-electron chi connectivity index (χ2n) is 5.69. The van der Waals surface area contributed by atoms with Crippen molar-refractivity contribution in [3.05, 3.63) is 70.2 Å². The third-order valence-electron chi connectivity index (χ3n) is 3.83. The molecule has 0 aliphatic heterocycles. The number of benzene rings is 2.